The highest BCUT2D eigenvalue weighted by molar-refractivity contribution is 5.91. The van der Waals surface area contributed by atoms with Crippen LogP contribution in [0.15, 0.2) is 23.8 Å². The third-order valence-corrected chi connectivity index (χ3v) is 9.43. The molecule has 3 saturated carbocycles. The van der Waals surface area contributed by atoms with Gasteiger partial charge >= 0.3 is 0 Å². The van der Waals surface area contributed by atoms with Gasteiger partial charge in [0.1, 0.15) is 6.61 Å². The van der Waals surface area contributed by atoms with Crippen molar-refractivity contribution in [3.8, 4) is 0 Å². The quantitative estimate of drug-likeness (QED) is 0.562. The van der Waals surface area contributed by atoms with E-state index in [4.69, 9.17) is 9.47 Å². The number of allylic oxidation sites excluding steroid dienone is 4. The summed E-state index contributed by atoms with van der Waals surface area (Å²) in [5.41, 5.74) is -0.322. The van der Waals surface area contributed by atoms with Crippen molar-refractivity contribution in [1.29, 1.82) is 0 Å². The van der Waals surface area contributed by atoms with Gasteiger partial charge in [-0.3, -0.25) is 4.79 Å². The number of hydrogen-bond donors (Lipinski definition) is 2. The fourth-order valence-electron chi connectivity index (χ4n) is 8.27. The molecule has 188 valence electrons. The summed E-state index contributed by atoms with van der Waals surface area (Å²) in [7, 11) is 0. The molecule has 2 N–H and O–H groups in total. The number of rotatable bonds is 4. The Hall–Kier alpha value is -1.01. The smallest absolute Gasteiger partial charge is 0.193 e. The molecule has 4 aliphatic carbocycles. The summed E-state index contributed by atoms with van der Waals surface area (Å²) in [6.07, 6.45) is 11.7. The molecule has 1 aliphatic heterocycles. The average Bonchev–Trinajstić information content (AvgIpc) is 3.26. The van der Waals surface area contributed by atoms with Crippen LogP contribution >= 0.6 is 0 Å². The van der Waals surface area contributed by atoms with E-state index in [1.807, 2.05) is 13.8 Å². The minimum atomic E-state index is -1.14. The largest absolute Gasteiger partial charge is 0.393 e. The summed E-state index contributed by atoms with van der Waals surface area (Å²) in [5, 5.41) is 21.4. The molecule has 5 heteroatoms. The summed E-state index contributed by atoms with van der Waals surface area (Å²) in [6, 6.07) is 0. The lowest BCUT2D eigenvalue weighted by atomic mass is 9.46. The van der Waals surface area contributed by atoms with Crippen LogP contribution in [-0.4, -0.2) is 46.7 Å². The predicted molar refractivity (Wildman–Crippen MR) is 131 cm³/mol. The van der Waals surface area contributed by atoms with Gasteiger partial charge in [0.2, 0.25) is 0 Å². The number of carbonyl (C=O) groups excluding carboxylic acids is 1. The van der Waals surface area contributed by atoms with Crippen LogP contribution in [0.4, 0.5) is 0 Å². The van der Waals surface area contributed by atoms with Crippen LogP contribution in [0, 0.1) is 28.6 Å². The Morgan fingerprint density at radius 1 is 1.27 bits per heavy atom. The Balaban J connectivity index is 0.000000994. The van der Waals surface area contributed by atoms with E-state index in [1.54, 1.807) is 0 Å². The zero-order valence-corrected chi connectivity index (χ0v) is 20.5. The molecule has 0 aromatic carbocycles. The third kappa shape index (κ3) is 3.52. The number of aliphatic hydroxyl groups is 2. The minimum absolute atomic E-state index is 0. The Bertz CT molecular complexity index is 789. The number of fused-ring (bicyclic) bond motifs is 7. The molecule has 0 aromatic rings. The molecule has 0 spiro atoms. The predicted octanol–water partition coefficient (Wildman–Crippen LogP) is 5.20. The summed E-state index contributed by atoms with van der Waals surface area (Å²) in [5.74, 6) is 0.428. The summed E-state index contributed by atoms with van der Waals surface area (Å²) in [6.45, 7) is 9.93. The first kappa shape index (κ1) is 26.6. The molecule has 1 saturated heterocycles. The maximum absolute atomic E-state index is 13.2. The highest BCUT2D eigenvalue weighted by Crippen LogP contribution is 2.69. The first-order valence-corrected chi connectivity index (χ1v) is 12.8. The molecular formula is C28H46O5. The van der Waals surface area contributed by atoms with Crippen molar-refractivity contribution in [3.63, 3.8) is 0 Å². The van der Waals surface area contributed by atoms with Gasteiger partial charge in [-0.1, -0.05) is 72.3 Å². The first-order chi connectivity index (χ1) is 15.3. The first-order valence-electron chi connectivity index (χ1n) is 12.8. The van der Waals surface area contributed by atoms with Gasteiger partial charge < -0.3 is 19.7 Å². The average molecular weight is 463 g/mol. The minimum Gasteiger partial charge on any atom is -0.393 e. The number of aliphatic hydroxyl groups excluding tert-OH is 2. The van der Waals surface area contributed by atoms with Crippen LogP contribution in [0.3, 0.4) is 0 Å². The maximum Gasteiger partial charge on any atom is 0.193 e. The normalized spacial score (nSPS) is 47.1. The van der Waals surface area contributed by atoms with Crippen molar-refractivity contribution < 1.29 is 24.5 Å². The molecule has 5 nitrogen and oxygen atoms in total. The van der Waals surface area contributed by atoms with Crippen LogP contribution in [0.5, 0.6) is 0 Å². The second-order valence-electron chi connectivity index (χ2n) is 10.7. The highest BCUT2D eigenvalue weighted by atomic mass is 16.7. The molecule has 4 fully saturated rings. The molecular weight excluding hydrogens is 416 g/mol. The second kappa shape index (κ2) is 9.56. The summed E-state index contributed by atoms with van der Waals surface area (Å²) < 4.78 is 12.7. The van der Waals surface area contributed by atoms with Crippen molar-refractivity contribution in [2.75, 3.05) is 6.61 Å². The molecule has 1 heterocycles. The van der Waals surface area contributed by atoms with Crippen molar-refractivity contribution >= 4 is 5.78 Å². The Labute approximate surface area is 200 Å². The van der Waals surface area contributed by atoms with Crippen molar-refractivity contribution in [2.45, 2.75) is 111 Å². The monoisotopic (exact) mass is 462 g/mol. The van der Waals surface area contributed by atoms with E-state index in [-0.39, 0.29) is 36.6 Å². The lowest BCUT2D eigenvalue weighted by molar-refractivity contribution is -0.200. The van der Waals surface area contributed by atoms with Crippen LogP contribution < -0.4 is 0 Å². The lowest BCUT2D eigenvalue weighted by Gasteiger charge is -2.59. The number of carbonyl (C=O) groups is 1. The van der Waals surface area contributed by atoms with E-state index in [0.717, 1.165) is 38.5 Å². The fourth-order valence-corrected chi connectivity index (χ4v) is 8.27. The Morgan fingerprint density at radius 2 is 2.00 bits per heavy atom. The Kier molecular flexibility index (Phi) is 7.71. The molecule has 0 amide bonds. The number of ether oxygens (including phenoxy) is 2. The van der Waals surface area contributed by atoms with Crippen LogP contribution in [-0.2, 0) is 14.3 Å². The van der Waals surface area contributed by atoms with E-state index in [2.05, 4.69) is 39.0 Å². The Morgan fingerprint density at radius 3 is 2.67 bits per heavy atom. The summed E-state index contributed by atoms with van der Waals surface area (Å²) >= 11 is 0. The zero-order chi connectivity index (χ0) is 23.3. The number of Topliss-reactive ketones (excluding diaryl/α,β-unsaturated/α-hetero) is 1. The topological polar surface area (TPSA) is 76.0 Å². The SMILES string of the molecule is C.CC.CCCC1OC2CC3C4CCC5=CCC=CC5(C)C4C(O)CC3(C)C2(C(=O)CO)O1. The fraction of sp³-hybridized carbons (Fsp3) is 0.821. The molecule has 5 rings (SSSR count). The standard InChI is InChI=1S/C25H36O5.C2H6.CH4/c1-4-7-21-29-20-12-17-16-10-9-15-8-5-6-11-23(15,2)22(16)18(27)13-24(17,3)25(20,30-21)19(28)14-26;1-2;/h6,8,11,16-18,20-22,26-27H,4-5,7,9-10,12-14H2,1-3H3;1-2H3;1H4. The number of ketones is 1. The molecule has 33 heavy (non-hydrogen) atoms. The van der Waals surface area contributed by atoms with E-state index in [1.165, 1.54) is 5.57 Å². The molecule has 9 unspecified atom stereocenters. The van der Waals surface area contributed by atoms with Crippen molar-refractivity contribution in [3.05, 3.63) is 23.8 Å². The zero-order valence-electron chi connectivity index (χ0n) is 20.5. The van der Waals surface area contributed by atoms with Crippen LogP contribution in [0.1, 0.15) is 87.0 Å². The summed E-state index contributed by atoms with van der Waals surface area (Å²) in [4.78, 5) is 13.2. The molecule has 0 radical (unpaired) electrons. The van der Waals surface area contributed by atoms with Crippen molar-refractivity contribution in [2.24, 2.45) is 28.6 Å². The van der Waals surface area contributed by atoms with E-state index in [9.17, 15) is 15.0 Å². The van der Waals surface area contributed by atoms with Gasteiger partial charge in [0.15, 0.2) is 17.7 Å². The third-order valence-electron chi connectivity index (χ3n) is 9.43. The van der Waals surface area contributed by atoms with Gasteiger partial charge in [-0.25, -0.2) is 0 Å². The van der Waals surface area contributed by atoms with Crippen LogP contribution in [0.2, 0.25) is 0 Å². The van der Waals surface area contributed by atoms with Gasteiger partial charge in [-0.05, 0) is 50.4 Å². The highest BCUT2D eigenvalue weighted by Gasteiger charge is 2.75. The second-order valence-corrected chi connectivity index (χ2v) is 10.7. The molecule has 5 aliphatic rings. The van der Waals surface area contributed by atoms with Gasteiger partial charge in [-0.15, -0.1) is 0 Å². The van der Waals surface area contributed by atoms with E-state index < -0.39 is 30.0 Å². The van der Waals surface area contributed by atoms with Crippen molar-refractivity contribution in [1.82, 2.24) is 0 Å². The van der Waals surface area contributed by atoms with Gasteiger partial charge in [0.25, 0.3) is 0 Å². The molecule has 0 bridgehead atoms. The number of hydrogen-bond acceptors (Lipinski definition) is 5. The molecule has 9 atom stereocenters. The van der Waals surface area contributed by atoms with E-state index in [0.29, 0.717) is 12.3 Å². The van der Waals surface area contributed by atoms with E-state index >= 15 is 0 Å². The van der Waals surface area contributed by atoms with Gasteiger partial charge in [-0.2, -0.15) is 0 Å². The van der Waals surface area contributed by atoms with Gasteiger partial charge in [0.05, 0.1) is 12.2 Å². The van der Waals surface area contributed by atoms with Crippen LogP contribution in [0.25, 0.3) is 0 Å². The molecule has 0 aromatic heterocycles. The lowest BCUT2D eigenvalue weighted by Crippen LogP contribution is -2.63. The maximum atomic E-state index is 13.2. The van der Waals surface area contributed by atoms with Gasteiger partial charge in [0, 0.05) is 16.7 Å².